The fourth-order valence-electron chi connectivity index (χ4n) is 3.40. The number of hydrogen-bond donors (Lipinski definition) is 2. The van der Waals surface area contributed by atoms with E-state index in [-0.39, 0.29) is 49.2 Å². The number of rotatable bonds is 7. The number of aromatic nitrogens is 2. The Balaban J connectivity index is 1.58. The molecule has 1 aliphatic heterocycles. The Labute approximate surface area is 178 Å². The third-order valence-electron chi connectivity index (χ3n) is 4.84. The number of aryl methyl sites for hydroxylation is 1. The first kappa shape index (κ1) is 20.4. The van der Waals surface area contributed by atoms with Gasteiger partial charge >= 0.3 is 0 Å². The normalized spacial score (nSPS) is 12.0. The van der Waals surface area contributed by atoms with Gasteiger partial charge in [0, 0.05) is 31.1 Å². The summed E-state index contributed by atoms with van der Waals surface area (Å²) in [6, 6.07) is 12.2. The molecule has 0 unspecified atom stereocenters. The number of para-hydroxylation sites is 2. The molecule has 0 spiro atoms. The van der Waals surface area contributed by atoms with Gasteiger partial charge in [-0.2, -0.15) is 0 Å². The van der Waals surface area contributed by atoms with Crippen molar-refractivity contribution in [1.82, 2.24) is 14.9 Å². The van der Waals surface area contributed by atoms with E-state index in [1.54, 1.807) is 36.4 Å². The van der Waals surface area contributed by atoms with Gasteiger partial charge in [0.05, 0.1) is 11.0 Å². The third kappa shape index (κ3) is 4.50. The van der Waals surface area contributed by atoms with Crippen LogP contribution in [0.4, 0.5) is 5.69 Å². The maximum atomic E-state index is 13.0. The summed E-state index contributed by atoms with van der Waals surface area (Å²) in [5.41, 5.74) is 1.54. The van der Waals surface area contributed by atoms with Crippen LogP contribution in [0, 0.1) is 0 Å². The van der Waals surface area contributed by atoms with E-state index in [1.807, 2.05) is 13.0 Å². The molecular formula is C22H22N4O5. The summed E-state index contributed by atoms with van der Waals surface area (Å²) in [6.07, 6.45) is 0.344. The molecule has 2 N–H and O–H groups in total. The van der Waals surface area contributed by atoms with E-state index in [1.165, 1.54) is 4.57 Å². The molecule has 2 amide bonds. The molecule has 0 atom stereocenters. The zero-order chi connectivity index (χ0) is 21.8. The minimum Gasteiger partial charge on any atom is -0.454 e. The van der Waals surface area contributed by atoms with Gasteiger partial charge in [-0.25, -0.2) is 4.98 Å². The van der Waals surface area contributed by atoms with Crippen LogP contribution in [0.15, 0.2) is 47.3 Å². The quantitative estimate of drug-likeness (QED) is 0.601. The summed E-state index contributed by atoms with van der Waals surface area (Å²) in [5, 5.41) is 5.49. The molecular weight excluding hydrogens is 400 g/mol. The Hall–Kier alpha value is -3.88. The van der Waals surface area contributed by atoms with Crippen molar-refractivity contribution in [3.8, 4) is 11.5 Å². The number of ether oxygens (including phenoxy) is 2. The highest BCUT2D eigenvalue weighted by molar-refractivity contribution is 5.92. The van der Waals surface area contributed by atoms with Crippen LogP contribution in [0.1, 0.15) is 19.0 Å². The fourth-order valence-corrected chi connectivity index (χ4v) is 3.40. The van der Waals surface area contributed by atoms with E-state index in [9.17, 15) is 14.4 Å². The zero-order valence-electron chi connectivity index (χ0n) is 17.0. The average molecular weight is 422 g/mol. The molecule has 31 heavy (non-hydrogen) atoms. The number of benzene rings is 2. The number of nitrogens with one attached hydrogen (secondary N) is 2. The zero-order valence-corrected chi connectivity index (χ0v) is 17.0. The fraction of sp³-hybridized carbons (Fsp3) is 0.273. The number of carbonyl (C=O) groups is 2. The Kier molecular flexibility index (Phi) is 5.83. The molecule has 160 valence electrons. The van der Waals surface area contributed by atoms with E-state index >= 15 is 0 Å². The van der Waals surface area contributed by atoms with Crippen LogP contribution in [0.25, 0.3) is 11.0 Å². The van der Waals surface area contributed by atoms with Gasteiger partial charge in [-0.05, 0) is 31.2 Å². The van der Waals surface area contributed by atoms with Crippen LogP contribution in [0.3, 0.4) is 0 Å². The number of carbonyl (C=O) groups excluding carboxylic acids is 2. The predicted octanol–water partition coefficient (Wildman–Crippen LogP) is 1.83. The molecule has 2 aromatic carbocycles. The minimum atomic E-state index is -0.385. The van der Waals surface area contributed by atoms with Crippen LogP contribution in [0.5, 0.6) is 11.5 Å². The predicted molar refractivity (Wildman–Crippen MR) is 114 cm³/mol. The molecule has 9 heteroatoms. The van der Waals surface area contributed by atoms with Gasteiger partial charge in [-0.15, -0.1) is 0 Å². The summed E-state index contributed by atoms with van der Waals surface area (Å²) >= 11 is 0. The lowest BCUT2D eigenvalue weighted by Crippen LogP contribution is -2.32. The van der Waals surface area contributed by atoms with Gasteiger partial charge in [0.1, 0.15) is 12.2 Å². The van der Waals surface area contributed by atoms with Crippen molar-refractivity contribution in [3.63, 3.8) is 0 Å². The molecule has 2 heterocycles. The van der Waals surface area contributed by atoms with Crippen molar-refractivity contribution in [2.24, 2.45) is 0 Å². The SMILES string of the molecule is CCNC(=O)CCc1nc2ccccc2n(CC(=O)Nc2ccc3c(c2)OCO3)c1=O. The maximum absolute atomic E-state index is 13.0. The van der Waals surface area contributed by atoms with Gasteiger partial charge < -0.3 is 20.1 Å². The maximum Gasteiger partial charge on any atom is 0.273 e. The van der Waals surface area contributed by atoms with Gasteiger partial charge in [0.15, 0.2) is 11.5 Å². The molecule has 4 rings (SSSR count). The van der Waals surface area contributed by atoms with Crippen LogP contribution in [-0.2, 0) is 22.6 Å². The van der Waals surface area contributed by atoms with Gasteiger partial charge in [0.25, 0.3) is 5.56 Å². The lowest BCUT2D eigenvalue weighted by atomic mass is 10.2. The third-order valence-corrected chi connectivity index (χ3v) is 4.84. The molecule has 0 radical (unpaired) electrons. The van der Waals surface area contributed by atoms with Gasteiger partial charge in [-0.1, -0.05) is 12.1 Å². The van der Waals surface area contributed by atoms with Crippen molar-refractivity contribution in [3.05, 3.63) is 58.5 Å². The second-order valence-electron chi connectivity index (χ2n) is 7.01. The van der Waals surface area contributed by atoms with E-state index in [4.69, 9.17) is 9.47 Å². The minimum absolute atomic E-state index is 0.143. The standard InChI is InChI=1S/C22H22N4O5/c1-2-23-20(27)10-8-16-22(29)26(17-6-4-3-5-15(17)25-16)12-21(28)24-14-7-9-18-19(11-14)31-13-30-18/h3-7,9,11H,2,8,10,12-13H2,1H3,(H,23,27)(H,24,28). The second kappa shape index (κ2) is 8.86. The molecule has 0 aliphatic carbocycles. The molecule has 0 bridgehead atoms. The lowest BCUT2D eigenvalue weighted by Gasteiger charge is -2.13. The molecule has 9 nitrogen and oxygen atoms in total. The van der Waals surface area contributed by atoms with E-state index < -0.39 is 0 Å². The summed E-state index contributed by atoms with van der Waals surface area (Å²) in [5.74, 6) is 0.652. The number of amides is 2. The smallest absolute Gasteiger partial charge is 0.273 e. The first-order valence-corrected chi connectivity index (χ1v) is 10.00. The summed E-state index contributed by atoms with van der Waals surface area (Å²) in [7, 11) is 0. The Morgan fingerprint density at radius 1 is 1.10 bits per heavy atom. The molecule has 0 saturated carbocycles. The highest BCUT2D eigenvalue weighted by Gasteiger charge is 2.17. The Morgan fingerprint density at radius 3 is 2.74 bits per heavy atom. The molecule has 1 aliphatic rings. The second-order valence-corrected chi connectivity index (χ2v) is 7.01. The van der Waals surface area contributed by atoms with Crippen molar-refractivity contribution in [2.75, 3.05) is 18.7 Å². The van der Waals surface area contributed by atoms with Gasteiger partial charge in [-0.3, -0.25) is 19.0 Å². The topological polar surface area (TPSA) is 112 Å². The molecule has 0 saturated heterocycles. The van der Waals surface area contributed by atoms with Crippen molar-refractivity contribution in [1.29, 1.82) is 0 Å². The summed E-state index contributed by atoms with van der Waals surface area (Å²) in [6.45, 7) is 2.31. The van der Waals surface area contributed by atoms with Gasteiger partial charge in [0.2, 0.25) is 18.6 Å². The highest BCUT2D eigenvalue weighted by atomic mass is 16.7. The lowest BCUT2D eigenvalue weighted by molar-refractivity contribution is -0.121. The monoisotopic (exact) mass is 422 g/mol. The van der Waals surface area contributed by atoms with Crippen LogP contribution in [-0.4, -0.2) is 34.7 Å². The molecule has 0 fully saturated rings. The summed E-state index contributed by atoms with van der Waals surface area (Å²) in [4.78, 5) is 42.0. The first-order chi connectivity index (χ1) is 15.0. The van der Waals surface area contributed by atoms with Crippen LogP contribution in [0.2, 0.25) is 0 Å². The van der Waals surface area contributed by atoms with E-state index in [2.05, 4.69) is 15.6 Å². The van der Waals surface area contributed by atoms with E-state index in [0.717, 1.165) is 0 Å². The molecule has 3 aromatic rings. The average Bonchev–Trinajstić information content (AvgIpc) is 3.22. The number of nitrogens with zero attached hydrogens (tertiary/aromatic N) is 2. The highest BCUT2D eigenvalue weighted by Crippen LogP contribution is 2.34. The number of hydrogen-bond acceptors (Lipinski definition) is 6. The Bertz CT molecular complexity index is 1200. The van der Waals surface area contributed by atoms with Crippen LogP contribution >= 0.6 is 0 Å². The first-order valence-electron chi connectivity index (χ1n) is 10.00. The Morgan fingerprint density at radius 2 is 1.90 bits per heavy atom. The van der Waals surface area contributed by atoms with Crippen molar-refractivity contribution < 1.29 is 19.1 Å². The van der Waals surface area contributed by atoms with Crippen molar-refractivity contribution >= 4 is 28.5 Å². The van der Waals surface area contributed by atoms with E-state index in [0.29, 0.717) is 34.8 Å². The molecule has 1 aromatic heterocycles. The largest absolute Gasteiger partial charge is 0.454 e. The summed E-state index contributed by atoms with van der Waals surface area (Å²) < 4.78 is 12.0. The van der Waals surface area contributed by atoms with Crippen LogP contribution < -0.4 is 25.7 Å². The van der Waals surface area contributed by atoms with Crippen molar-refractivity contribution in [2.45, 2.75) is 26.3 Å². The number of anilines is 1. The number of fused-ring (bicyclic) bond motifs is 2.